The topological polar surface area (TPSA) is 104 Å². The van der Waals surface area contributed by atoms with Crippen molar-refractivity contribution in [3.05, 3.63) is 40.3 Å². The van der Waals surface area contributed by atoms with Gasteiger partial charge in [0.05, 0.1) is 5.39 Å². The van der Waals surface area contributed by atoms with Crippen molar-refractivity contribution in [3.8, 4) is 0 Å². The lowest BCUT2D eigenvalue weighted by atomic mass is 10.1. The Morgan fingerprint density at radius 2 is 1.90 bits per heavy atom. The third-order valence-corrected chi connectivity index (χ3v) is 2.83. The van der Waals surface area contributed by atoms with E-state index in [1.54, 1.807) is 24.3 Å². The van der Waals surface area contributed by atoms with Crippen LogP contribution in [0.5, 0.6) is 0 Å². The molecule has 0 unspecified atom stereocenters. The lowest BCUT2D eigenvalue weighted by Crippen LogP contribution is -2.32. The minimum atomic E-state index is -1.07. The summed E-state index contributed by atoms with van der Waals surface area (Å²) >= 11 is 0. The number of hydrogen-bond acceptors (Lipinski definition) is 5. The van der Waals surface area contributed by atoms with E-state index in [0.29, 0.717) is 10.8 Å². The minimum absolute atomic E-state index is 0.0317. The Hall–Kier alpha value is -2.70. The maximum Gasteiger partial charge on any atom is 0.360 e. The molecule has 1 aromatic heterocycles. The quantitative estimate of drug-likeness (QED) is 0.792. The van der Waals surface area contributed by atoms with Gasteiger partial charge >= 0.3 is 5.97 Å². The van der Waals surface area contributed by atoms with Crippen LogP contribution in [0.3, 0.4) is 0 Å². The summed E-state index contributed by atoms with van der Waals surface area (Å²) < 4.78 is 5.96. The number of amides is 1. The van der Waals surface area contributed by atoms with Gasteiger partial charge in [-0.2, -0.15) is 5.10 Å². The van der Waals surface area contributed by atoms with Crippen LogP contribution in [0.1, 0.15) is 17.4 Å². The predicted molar refractivity (Wildman–Crippen MR) is 71.1 cm³/mol. The molecule has 1 amide bonds. The minimum Gasteiger partial charge on any atom is -0.448 e. The second kappa shape index (κ2) is 5.12. The van der Waals surface area contributed by atoms with Crippen LogP contribution < -0.4 is 11.3 Å². The number of aromatic nitrogens is 2. The number of ether oxygens (including phenoxy) is 1. The van der Waals surface area contributed by atoms with Crippen LogP contribution in [-0.4, -0.2) is 27.8 Å². The number of primary amides is 1. The van der Waals surface area contributed by atoms with E-state index >= 15 is 0 Å². The highest BCUT2D eigenvalue weighted by Crippen LogP contribution is 2.14. The van der Waals surface area contributed by atoms with Crippen LogP contribution in [0, 0.1) is 0 Å². The molecule has 0 radical (unpaired) electrons. The summed E-state index contributed by atoms with van der Waals surface area (Å²) in [6, 6.07) is 6.55. The number of carbonyl (C=O) groups excluding carboxylic acids is 2. The van der Waals surface area contributed by atoms with Gasteiger partial charge in [0, 0.05) is 12.4 Å². The van der Waals surface area contributed by atoms with Crippen LogP contribution in [-0.2, 0) is 16.6 Å². The first-order chi connectivity index (χ1) is 9.41. The van der Waals surface area contributed by atoms with Gasteiger partial charge < -0.3 is 10.5 Å². The third kappa shape index (κ3) is 2.37. The summed E-state index contributed by atoms with van der Waals surface area (Å²) in [4.78, 5) is 34.9. The van der Waals surface area contributed by atoms with Gasteiger partial charge in [0.25, 0.3) is 11.5 Å². The van der Waals surface area contributed by atoms with Gasteiger partial charge in [-0.05, 0) is 13.0 Å². The maximum atomic E-state index is 12.0. The van der Waals surface area contributed by atoms with Gasteiger partial charge in [0.15, 0.2) is 11.8 Å². The van der Waals surface area contributed by atoms with E-state index in [-0.39, 0.29) is 11.3 Å². The average molecular weight is 275 g/mol. The standard InChI is InChI=1S/C13H13N3O4/c1-7(11(14)17)20-13(19)10-8-5-3-4-6-9(8)12(18)16(2)15-10/h3-7H,1-2H3,(H2,14,17)/t7-/m0/s1. The van der Waals surface area contributed by atoms with Gasteiger partial charge in [0.1, 0.15) is 0 Å². The molecule has 1 heterocycles. The molecule has 0 aliphatic carbocycles. The number of aryl methyl sites for hydroxylation is 1. The Balaban J connectivity index is 2.55. The lowest BCUT2D eigenvalue weighted by molar-refractivity contribution is -0.125. The number of carbonyl (C=O) groups is 2. The first-order valence-electron chi connectivity index (χ1n) is 5.88. The fourth-order valence-electron chi connectivity index (χ4n) is 1.72. The Bertz CT molecular complexity index is 751. The fourth-order valence-corrected chi connectivity index (χ4v) is 1.72. The molecule has 0 bridgehead atoms. The number of hydrogen-bond donors (Lipinski definition) is 1. The largest absolute Gasteiger partial charge is 0.448 e. The molecule has 7 nitrogen and oxygen atoms in total. The highest BCUT2D eigenvalue weighted by atomic mass is 16.5. The summed E-state index contributed by atoms with van der Waals surface area (Å²) in [5, 5.41) is 4.61. The molecule has 104 valence electrons. The molecule has 0 fully saturated rings. The maximum absolute atomic E-state index is 12.0. The first-order valence-corrected chi connectivity index (χ1v) is 5.88. The SMILES string of the molecule is C[C@H](OC(=O)c1nn(C)c(=O)c2ccccc12)C(N)=O. The summed E-state index contributed by atoms with van der Waals surface area (Å²) in [5.41, 5.74) is 4.69. The molecule has 20 heavy (non-hydrogen) atoms. The van der Waals surface area contributed by atoms with Crippen LogP contribution in [0.15, 0.2) is 29.1 Å². The smallest absolute Gasteiger partial charge is 0.360 e. The van der Waals surface area contributed by atoms with Crippen molar-refractivity contribution in [2.24, 2.45) is 12.8 Å². The van der Waals surface area contributed by atoms with Crippen molar-refractivity contribution >= 4 is 22.6 Å². The van der Waals surface area contributed by atoms with Crippen molar-refractivity contribution in [2.75, 3.05) is 0 Å². The van der Waals surface area contributed by atoms with Gasteiger partial charge in [0.2, 0.25) is 0 Å². The van der Waals surface area contributed by atoms with E-state index in [9.17, 15) is 14.4 Å². The van der Waals surface area contributed by atoms with Crippen molar-refractivity contribution in [3.63, 3.8) is 0 Å². The summed E-state index contributed by atoms with van der Waals surface area (Å²) in [5.74, 6) is -1.56. The summed E-state index contributed by atoms with van der Waals surface area (Å²) in [6.07, 6.45) is -1.07. The van der Waals surface area contributed by atoms with Crippen molar-refractivity contribution in [2.45, 2.75) is 13.0 Å². The van der Waals surface area contributed by atoms with E-state index in [1.807, 2.05) is 0 Å². The van der Waals surface area contributed by atoms with Crippen molar-refractivity contribution < 1.29 is 14.3 Å². The Labute approximate surface area is 113 Å². The van der Waals surface area contributed by atoms with E-state index < -0.39 is 18.0 Å². The predicted octanol–water partition coefficient (Wildman–Crippen LogP) is -0.0359. The van der Waals surface area contributed by atoms with Crippen LogP contribution >= 0.6 is 0 Å². The molecule has 0 aliphatic rings. The third-order valence-electron chi connectivity index (χ3n) is 2.83. The highest BCUT2D eigenvalue weighted by Gasteiger charge is 2.21. The molecule has 1 aromatic carbocycles. The molecule has 2 rings (SSSR count). The molecule has 1 atom stereocenters. The second-order valence-electron chi connectivity index (χ2n) is 4.27. The Morgan fingerprint density at radius 1 is 1.30 bits per heavy atom. The monoisotopic (exact) mass is 275 g/mol. The van der Waals surface area contributed by atoms with Gasteiger partial charge in [-0.15, -0.1) is 0 Å². The van der Waals surface area contributed by atoms with Crippen molar-refractivity contribution in [1.29, 1.82) is 0 Å². The Kier molecular flexibility index (Phi) is 3.51. The summed E-state index contributed by atoms with van der Waals surface area (Å²) in [6.45, 7) is 1.37. The van der Waals surface area contributed by atoms with Gasteiger partial charge in [-0.3, -0.25) is 9.59 Å². The first kappa shape index (κ1) is 13.7. The highest BCUT2D eigenvalue weighted by molar-refractivity contribution is 6.02. The Morgan fingerprint density at radius 3 is 2.50 bits per heavy atom. The molecule has 7 heteroatoms. The zero-order chi connectivity index (χ0) is 14.9. The lowest BCUT2D eigenvalue weighted by Gasteiger charge is -2.11. The molecular weight excluding hydrogens is 262 g/mol. The average Bonchev–Trinajstić information content (AvgIpc) is 2.42. The van der Waals surface area contributed by atoms with Crippen LogP contribution in [0.4, 0.5) is 0 Å². The molecular formula is C13H13N3O4. The number of nitrogens with zero attached hydrogens (tertiary/aromatic N) is 2. The number of esters is 1. The normalized spacial score (nSPS) is 12.1. The van der Waals surface area contributed by atoms with Gasteiger partial charge in [-0.25, -0.2) is 9.48 Å². The van der Waals surface area contributed by atoms with Crippen LogP contribution in [0.2, 0.25) is 0 Å². The number of nitrogens with two attached hydrogens (primary N) is 1. The zero-order valence-corrected chi connectivity index (χ0v) is 11.0. The number of rotatable bonds is 3. The number of benzene rings is 1. The fraction of sp³-hybridized carbons (Fsp3) is 0.231. The molecule has 2 aromatic rings. The molecule has 0 saturated heterocycles. The van der Waals surface area contributed by atoms with Gasteiger partial charge in [-0.1, -0.05) is 18.2 Å². The molecule has 2 N–H and O–H groups in total. The second-order valence-corrected chi connectivity index (χ2v) is 4.27. The van der Waals surface area contributed by atoms with E-state index in [4.69, 9.17) is 10.5 Å². The summed E-state index contributed by atoms with van der Waals surface area (Å²) in [7, 11) is 1.43. The number of fused-ring (bicyclic) bond motifs is 1. The zero-order valence-electron chi connectivity index (χ0n) is 11.0. The molecule has 0 saturated carbocycles. The van der Waals surface area contributed by atoms with Crippen molar-refractivity contribution in [1.82, 2.24) is 9.78 Å². The molecule has 0 spiro atoms. The van der Waals surface area contributed by atoms with E-state index in [2.05, 4.69) is 5.10 Å². The van der Waals surface area contributed by atoms with E-state index in [1.165, 1.54) is 14.0 Å². The van der Waals surface area contributed by atoms with E-state index in [0.717, 1.165) is 4.68 Å². The van der Waals surface area contributed by atoms with Crippen LogP contribution in [0.25, 0.3) is 10.8 Å². The molecule has 0 aliphatic heterocycles.